The van der Waals surface area contributed by atoms with Crippen molar-refractivity contribution in [3.63, 3.8) is 0 Å². The fraction of sp³-hybridized carbons (Fsp3) is 0.455. The molecule has 0 radical (unpaired) electrons. The SMILES string of the molecule is CC.CC(=N)c1cnc(Cl)cc1C.CCCc1cc(Cl)c(CC)cc1OC.CCCc1ccc(OC)cc1OC. The second-order valence-electron chi connectivity index (χ2n) is 8.73. The maximum Gasteiger partial charge on any atom is 0.129 e. The van der Waals surface area contributed by atoms with Crippen LogP contribution in [0.1, 0.15) is 82.2 Å². The number of aryl methyl sites for hydroxylation is 4. The molecule has 1 heterocycles. The van der Waals surface area contributed by atoms with E-state index >= 15 is 0 Å². The van der Waals surface area contributed by atoms with E-state index in [1.54, 1.807) is 40.5 Å². The van der Waals surface area contributed by atoms with Gasteiger partial charge in [-0.3, -0.25) is 0 Å². The van der Waals surface area contributed by atoms with Gasteiger partial charge in [0.2, 0.25) is 0 Å². The summed E-state index contributed by atoms with van der Waals surface area (Å²) < 4.78 is 15.7. The van der Waals surface area contributed by atoms with Crippen LogP contribution >= 0.6 is 23.2 Å². The maximum atomic E-state index is 7.36. The number of methoxy groups -OCH3 is 3. The van der Waals surface area contributed by atoms with Gasteiger partial charge in [-0.05, 0) is 79.6 Å². The first-order chi connectivity index (χ1) is 19.1. The molecule has 3 aromatic rings. The predicted molar refractivity (Wildman–Crippen MR) is 173 cm³/mol. The zero-order valence-corrected chi connectivity index (χ0v) is 27.5. The zero-order chi connectivity index (χ0) is 30.7. The highest BCUT2D eigenvalue weighted by Crippen LogP contribution is 2.28. The van der Waals surface area contributed by atoms with Crippen molar-refractivity contribution in [1.82, 2.24) is 4.98 Å². The van der Waals surface area contributed by atoms with E-state index in [9.17, 15) is 0 Å². The molecule has 40 heavy (non-hydrogen) atoms. The molecule has 0 bridgehead atoms. The normalized spacial score (nSPS) is 9.60. The molecule has 0 spiro atoms. The number of hydrogen-bond acceptors (Lipinski definition) is 5. The van der Waals surface area contributed by atoms with Crippen molar-refractivity contribution in [2.75, 3.05) is 21.3 Å². The molecule has 0 saturated heterocycles. The van der Waals surface area contributed by atoms with E-state index in [0.29, 0.717) is 10.9 Å². The van der Waals surface area contributed by atoms with Crippen molar-refractivity contribution in [2.24, 2.45) is 0 Å². The first-order valence-corrected chi connectivity index (χ1v) is 14.6. The molecule has 7 heteroatoms. The number of aromatic nitrogens is 1. The Morgan fingerprint density at radius 2 is 1.38 bits per heavy atom. The standard InChI is InChI=1S/C12H17ClO.C11H16O2.C8H9ClN2.C2H6/c1-4-6-10-7-11(13)9(5-2)8-12(10)14-3;1-4-5-9-6-7-10(12-2)8-11(9)13-3;1-5-3-8(9)11-4-7(5)6(2)10;1-2/h7-8H,4-6H2,1-3H3;6-8H,4-5H2,1-3H3;3-4,10H,1-2H3;1-2H3. The number of nitrogens with one attached hydrogen (secondary N) is 1. The van der Waals surface area contributed by atoms with Crippen LogP contribution < -0.4 is 14.2 Å². The molecule has 0 aliphatic heterocycles. The van der Waals surface area contributed by atoms with Gasteiger partial charge < -0.3 is 19.6 Å². The summed E-state index contributed by atoms with van der Waals surface area (Å²) in [5, 5.41) is 8.70. The van der Waals surface area contributed by atoms with Gasteiger partial charge in [0, 0.05) is 28.6 Å². The number of benzene rings is 2. The first kappa shape index (κ1) is 37.2. The second-order valence-corrected chi connectivity index (χ2v) is 9.53. The molecule has 0 unspecified atom stereocenters. The third-order valence-electron chi connectivity index (χ3n) is 5.84. The Labute approximate surface area is 252 Å². The third kappa shape index (κ3) is 12.6. The average molecular weight is 592 g/mol. The smallest absolute Gasteiger partial charge is 0.129 e. The van der Waals surface area contributed by atoms with Crippen molar-refractivity contribution in [2.45, 2.75) is 80.6 Å². The highest BCUT2D eigenvalue weighted by Gasteiger charge is 2.07. The first-order valence-electron chi connectivity index (χ1n) is 13.9. The molecule has 3 rings (SSSR count). The molecule has 0 fully saturated rings. The van der Waals surface area contributed by atoms with Gasteiger partial charge in [0.05, 0.1) is 21.3 Å². The molecule has 0 saturated carbocycles. The lowest BCUT2D eigenvalue weighted by atomic mass is 10.0. The zero-order valence-electron chi connectivity index (χ0n) is 26.0. The highest BCUT2D eigenvalue weighted by atomic mass is 35.5. The van der Waals surface area contributed by atoms with Crippen LogP contribution in [0.4, 0.5) is 0 Å². The number of ether oxygens (including phenoxy) is 3. The molecule has 2 aromatic carbocycles. The number of halogens is 2. The predicted octanol–water partition coefficient (Wildman–Crippen LogP) is 9.98. The minimum absolute atomic E-state index is 0.479. The van der Waals surface area contributed by atoms with E-state index in [1.165, 1.54) is 11.1 Å². The molecule has 0 aliphatic carbocycles. The van der Waals surface area contributed by atoms with Gasteiger partial charge in [0.1, 0.15) is 22.4 Å². The fourth-order valence-electron chi connectivity index (χ4n) is 3.80. The molecule has 0 amide bonds. The maximum absolute atomic E-state index is 7.36. The van der Waals surface area contributed by atoms with Crippen LogP contribution in [0.5, 0.6) is 17.2 Å². The summed E-state index contributed by atoms with van der Waals surface area (Å²) in [6.07, 6.45) is 6.88. The highest BCUT2D eigenvalue weighted by molar-refractivity contribution is 6.31. The van der Waals surface area contributed by atoms with Gasteiger partial charge >= 0.3 is 0 Å². The van der Waals surface area contributed by atoms with Gasteiger partial charge in [0.15, 0.2) is 0 Å². The number of nitrogens with zero attached hydrogens (tertiary/aromatic N) is 1. The Hall–Kier alpha value is -2.76. The Bertz CT molecular complexity index is 1170. The van der Waals surface area contributed by atoms with Crippen molar-refractivity contribution >= 4 is 28.9 Å². The van der Waals surface area contributed by atoms with Gasteiger partial charge in [-0.2, -0.15) is 0 Å². The summed E-state index contributed by atoms with van der Waals surface area (Å²) >= 11 is 11.8. The Balaban J connectivity index is 0.000000556. The Kier molecular flexibility index (Phi) is 19.6. The van der Waals surface area contributed by atoms with Crippen LogP contribution in [0.2, 0.25) is 10.2 Å². The van der Waals surface area contributed by atoms with Crippen molar-refractivity contribution < 1.29 is 14.2 Å². The monoisotopic (exact) mass is 590 g/mol. The van der Waals surface area contributed by atoms with Gasteiger partial charge in [-0.25, -0.2) is 4.98 Å². The summed E-state index contributed by atoms with van der Waals surface area (Å²) in [6, 6.07) is 11.8. The molecule has 1 aromatic heterocycles. The molecule has 222 valence electrons. The lowest BCUT2D eigenvalue weighted by Crippen LogP contribution is -1.96. The van der Waals surface area contributed by atoms with Crippen LogP contribution in [0.3, 0.4) is 0 Å². The topological polar surface area (TPSA) is 64.4 Å². The lowest BCUT2D eigenvalue weighted by Gasteiger charge is -2.11. The Morgan fingerprint density at radius 1 is 0.800 bits per heavy atom. The van der Waals surface area contributed by atoms with Crippen LogP contribution in [0.15, 0.2) is 42.6 Å². The second kappa shape index (κ2) is 21.0. The molecular formula is C33H48Cl2N2O3. The Morgan fingerprint density at radius 3 is 1.85 bits per heavy atom. The summed E-state index contributed by atoms with van der Waals surface area (Å²) in [7, 11) is 5.06. The molecule has 0 atom stereocenters. The summed E-state index contributed by atoms with van der Waals surface area (Å²) in [4.78, 5) is 3.89. The van der Waals surface area contributed by atoms with E-state index in [0.717, 1.165) is 71.1 Å². The van der Waals surface area contributed by atoms with Gasteiger partial charge in [-0.15, -0.1) is 0 Å². The lowest BCUT2D eigenvalue weighted by molar-refractivity contribution is 0.391. The van der Waals surface area contributed by atoms with Crippen molar-refractivity contribution in [3.8, 4) is 17.2 Å². The quantitative estimate of drug-likeness (QED) is 0.199. The van der Waals surface area contributed by atoms with Crippen LogP contribution in [-0.4, -0.2) is 32.0 Å². The molecule has 5 nitrogen and oxygen atoms in total. The largest absolute Gasteiger partial charge is 0.497 e. The van der Waals surface area contributed by atoms with E-state index in [1.807, 2.05) is 45.0 Å². The minimum atomic E-state index is 0.479. The fourth-order valence-corrected chi connectivity index (χ4v) is 4.34. The van der Waals surface area contributed by atoms with E-state index < -0.39 is 0 Å². The summed E-state index contributed by atoms with van der Waals surface area (Å²) in [5.41, 5.74) is 5.98. The van der Waals surface area contributed by atoms with E-state index in [2.05, 4.69) is 31.8 Å². The van der Waals surface area contributed by atoms with E-state index in [-0.39, 0.29) is 0 Å². The van der Waals surface area contributed by atoms with Crippen LogP contribution in [-0.2, 0) is 19.3 Å². The summed E-state index contributed by atoms with van der Waals surface area (Å²) in [5.74, 6) is 2.73. The van der Waals surface area contributed by atoms with Crippen LogP contribution in [0, 0.1) is 12.3 Å². The number of hydrogen-bond donors (Lipinski definition) is 1. The third-order valence-corrected chi connectivity index (χ3v) is 6.40. The number of rotatable bonds is 9. The van der Waals surface area contributed by atoms with Crippen molar-refractivity contribution in [1.29, 1.82) is 5.41 Å². The molecule has 0 aliphatic rings. The average Bonchev–Trinajstić information content (AvgIpc) is 2.95. The molecule has 1 N–H and O–H groups in total. The van der Waals surface area contributed by atoms with Gasteiger partial charge in [0.25, 0.3) is 0 Å². The minimum Gasteiger partial charge on any atom is -0.497 e. The summed E-state index contributed by atoms with van der Waals surface area (Å²) in [6.45, 7) is 14.1. The van der Waals surface area contributed by atoms with Crippen molar-refractivity contribution in [3.05, 3.63) is 80.6 Å². The van der Waals surface area contributed by atoms with Crippen LogP contribution in [0.25, 0.3) is 0 Å². The molecular weight excluding hydrogens is 543 g/mol. The number of pyridine rings is 1. The van der Waals surface area contributed by atoms with E-state index in [4.69, 9.17) is 42.8 Å². The van der Waals surface area contributed by atoms with Gasteiger partial charge in [-0.1, -0.05) is 76.7 Å².